The first-order valence-electron chi connectivity index (χ1n) is 17.5. The lowest BCUT2D eigenvalue weighted by Crippen LogP contribution is -2.55. The van der Waals surface area contributed by atoms with Gasteiger partial charge in [0, 0.05) is 6.07 Å². The number of fused-ring (bicyclic) bond motifs is 2. The molecule has 0 saturated carbocycles. The number of sulfone groups is 1. The van der Waals surface area contributed by atoms with E-state index in [2.05, 4.69) is 0 Å². The lowest BCUT2D eigenvalue weighted by molar-refractivity contribution is -0.288. The zero-order valence-electron chi connectivity index (χ0n) is 30.2. The third kappa shape index (κ3) is 6.52. The number of nitrogens with one attached hydrogen (secondary N) is 1. The van der Waals surface area contributed by atoms with Gasteiger partial charge in [-0.05, 0) is 108 Å². The molecule has 8 rings (SSSR count). The highest BCUT2D eigenvalue weighted by atomic mass is 32.2. The van der Waals surface area contributed by atoms with Crippen LogP contribution in [0.1, 0.15) is 52.6 Å². The molecular weight excluding hydrogens is 819 g/mol. The number of halogens is 6. The minimum absolute atomic E-state index is 0.00481. The number of rotatable bonds is 9. The second-order valence-corrected chi connectivity index (χ2v) is 15.4. The van der Waals surface area contributed by atoms with E-state index in [-0.39, 0.29) is 27.0 Å². The highest BCUT2D eigenvalue weighted by Gasteiger charge is 2.73. The molecule has 2 aliphatic rings. The number of hydrogen-bond acceptors (Lipinski definition) is 8. The van der Waals surface area contributed by atoms with Gasteiger partial charge in [0.1, 0.15) is 23.0 Å². The maximum atomic E-state index is 15.0. The smallest absolute Gasteiger partial charge is 0.411 e. The third-order valence-corrected chi connectivity index (χ3v) is 11.7. The molecule has 6 aromatic carbocycles. The summed E-state index contributed by atoms with van der Waals surface area (Å²) >= 11 is 0. The van der Waals surface area contributed by atoms with Crippen molar-refractivity contribution < 1.29 is 63.4 Å². The second kappa shape index (κ2) is 14.2. The molecule has 0 radical (unpaired) electrons. The van der Waals surface area contributed by atoms with Crippen molar-refractivity contribution in [1.29, 1.82) is 0 Å². The van der Waals surface area contributed by atoms with Crippen LogP contribution in [0.5, 0.6) is 23.0 Å². The van der Waals surface area contributed by atoms with Crippen LogP contribution in [-0.2, 0) is 15.3 Å². The van der Waals surface area contributed by atoms with Crippen molar-refractivity contribution in [2.75, 3.05) is 4.90 Å². The highest BCUT2D eigenvalue weighted by Crippen LogP contribution is 2.57. The Hall–Kier alpha value is -7.27. The summed E-state index contributed by atoms with van der Waals surface area (Å²) < 4.78 is 128. The maximum absolute atomic E-state index is 15.0. The van der Waals surface area contributed by atoms with Crippen LogP contribution in [0, 0.1) is 0 Å². The lowest BCUT2D eigenvalue weighted by atomic mass is 9.71. The number of carbonyl (C=O) groups is 4. The van der Waals surface area contributed by atoms with Crippen LogP contribution in [0.3, 0.4) is 0 Å². The van der Waals surface area contributed by atoms with E-state index in [9.17, 15) is 53.9 Å². The van der Waals surface area contributed by atoms with Crippen molar-refractivity contribution in [3.8, 4) is 23.0 Å². The van der Waals surface area contributed by atoms with Gasteiger partial charge in [0.05, 0.1) is 37.7 Å². The molecule has 2 aliphatic heterocycles. The minimum Gasteiger partial charge on any atom is -0.457 e. The summed E-state index contributed by atoms with van der Waals surface area (Å²) in [6.45, 7) is 0. The van der Waals surface area contributed by atoms with E-state index in [1.165, 1.54) is 72.8 Å². The van der Waals surface area contributed by atoms with Crippen LogP contribution < -0.4 is 19.7 Å². The summed E-state index contributed by atoms with van der Waals surface area (Å²) in [5.74, 6) is -3.32. The lowest BCUT2D eigenvalue weighted by Gasteiger charge is -2.38. The number of benzene rings is 6. The number of anilines is 1. The zero-order valence-corrected chi connectivity index (χ0v) is 31.0. The van der Waals surface area contributed by atoms with Crippen LogP contribution >= 0.6 is 0 Å². The molecule has 0 fully saturated rings. The van der Waals surface area contributed by atoms with Gasteiger partial charge in [-0.3, -0.25) is 24.5 Å². The van der Waals surface area contributed by atoms with E-state index in [4.69, 9.17) is 9.47 Å². The Kier molecular flexibility index (Phi) is 9.38. The summed E-state index contributed by atoms with van der Waals surface area (Å²) in [5, 5.41) is 1.82. The molecule has 60 heavy (non-hydrogen) atoms. The number of hydrogen-bond donors (Lipinski definition) is 1. The molecule has 10 nitrogen and oxygen atoms in total. The van der Waals surface area contributed by atoms with Crippen molar-refractivity contribution >= 4 is 39.2 Å². The summed E-state index contributed by atoms with van der Waals surface area (Å²) in [6, 6.07) is 28.2. The van der Waals surface area contributed by atoms with Gasteiger partial charge in [0.2, 0.25) is 15.3 Å². The van der Waals surface area contributed by atoms with Crippen molar-refractivity contribution in [1.82, 2.24) is 5.32 Å². The van der Waals surface area contributed by atoms with Crippen LogP contribution in [0.2, 0.25) is 0 Å². The zero-order chi connectivity index (χ0) is 42.8. The fourth-order valence-corrected chi connectivity index (χ4v) is 8.31. The van der Waals surface area contributed by atoms with Gasteiger partial charge >= 0.3 is 12.4 Å². The van der Waals surface area contributed by atoms with Gasteiger partial charge in [-0.25, -0.2) is 13.3 Å². The van der Waals surface area contributed by atoms with E-state index in [0.29, 0.717) is 52.8 Å². The Labute approximate surface area is 335 Å². The van der Waals surface area contributed by atoms with Crippen molar-refractivity contribution in [2.24, 2.45) is 0 Å². The molecular formula is C43H24F6N2O8S. The predicted octanol–water partition coefficient (Wildman–Crippen LogP) is 9.20. The fraction of sp³-hybridized carbons (Fsp3) is 0.0698. The van der Waals surface area contributed by atoms with Gasteiger partial charge in [0.15, 0.2) is 0 Å². The van der Waals surface area contributed by atoms with Gasteiger partial charge in [-0.1, -0.05) is 36.4 Å². The topological polar surface area (TPSA) is 136 Å². The van der Waals surface area contributed by atoms with Crippen LogP contribution in [0.4, 0.5) is 32.0 Å². The molecule has 0 unspecified atom stereocenters. The highest BCUT2D eigenvalue weighted by molar-refractivity contribution is 7.91. The van der Waals surface area contributed by atoms with E-state index in [0.717, 1.165) is 0 Å². The Morgan fingerprint density at radius 1 is 0.467 bits per heavy atom. The van der Waals surface area contributed by atoms with E-state index >= 15 is 0 Å². The Morgan fingerprint density at radius 3 is 1.50 bits per heavy atom. The maximum Gasteiger partial charge on any atom is 0.411 e. The fourth-order valence-electron chi connectivity index (χ4n) is 7.05. The average Bonchev–Trinajstić information content (AvgIpc) is 3.63. The monoisotopic (exact) mass is 842 g/mol. The molecule has 0 aliphatic carbocycles. The number of alkyl halides is 6. The molecule has 1 N–H and O–H groups in total. The van der Waals surface area contributed by atoms with E-state index < -0.39 is 84.6 Å². The van der Waals surface area contributed by atoms with Crippen molar-refractivity contribution in [3.05, 3.63) is 173 Å². The number of amides is 4. The molecule has 0 atom stereocenters. The Bertz CT molecular complexity index is 2850. The quantitative estimate of drug-likeness (QED) is 0.112. The van der Waals surface area contributed by atoms with Gasteiger partial charge < -0.3 is 9.47 Å². The second-order valence-electron chi connectivity index (χ2n) is 13.5. The molecule has 0 saturated heterocycles. The first-order chi connectivity index (χ1) is 28.4. The molecule has 2 heterocycles. The Morgan fingerprint density at radius 2 is 0.933 bits per heavy atom. The van der Waals surface area contributed by atoms with Crippen LogP contribution in [0.15, 0.2) is 149 Å². The van der Waals surface area contributed by atoms with E-state index in [1.54, 1.807) is 24.3 Å². The molecule has 17 heteroatoms. The number of para-hydroxylation sites is 1. The van der Waals surface area contributed by atoms with Crippen molar-refractivity contribution in [2.45, 2.75) is 27.6 Å². The summed E-state index contributed by atoms with van der Waals surface area (Å²) in [4.78, 5) is 52.0. The number of ether oxygens (including phenoxy) is 2. The number of imide groups is 2. The normalized spacial score (nSPS) is 14.2. The third-order valence-electron chi connectivity index (χ3n) is 9.90. The van der Waals surface area contributed by atoms with Crippen molar-refractivity contribution in [3.63, 3.8) is 0 Å². The SMILES string of the molecule is O=C1NC(=O)c2cc(C(c3ccc4c(c3)C(=O)N(c3cccc(Oc5ccc(S(=O)(=O)c6ccc(Oc7ccccc7)cc6)cc5)c3)C4=O)(C(F)(F)F)C(F)(F)F)ccc21. The molecule has 0 spiro atoms. The first-order valence-corrected chi connectivity index (χ1v) is 19.0. The first kappa shape index (κ1) is 39.6. The van der Waals surface area contributed by atoms with E-state index in [1.807, 2.05) is 11.4 Å². The largest absolute Gasteiger partial charge is 0.457 e. The van der Waals surface area contributed by atoms with Crippen LogP contribution in [-0.4, -0.2) is 44.4 Å². The van der Waals surface area contributed by atoms with Gasteiger partial charge in [-0.2, -0.15) is 26.3 Å². The summed E-state index contributed by atoms with van der Waals surface area (Å²) in [7, 11) is -3.97. The molecule has 6 aromatic rings. The number of nitrogens with zero attached hydrogens (tertiary/aromatic N) is 1. The standard InChI is InChI=1S/C43H24F6N2O8S/c44-42(45,46)41(43(47,48)49,24-9-19-33-35(21-24)38(53)50-37(33)52)25-10-20-34-36(22-25)40(55)51(39(34)54)26-5-4-8-30(23-26)59-29-13-17-32(18-14-29)60(56,57)31-15-11-28(12-16-31)58-27-6-2-1-3-7-27/h1-23H,(H,50,52,53). The van der Waals surface area contributed by atoms with Crippen LogP contribution in [0.25, 0.3) is 0 Å². The Balaban J connectivity index is 1.05. The summed E-state index contributed by atoms with van der Waals surface area (Å²) in [5.41, 5.74) is -10.2. The van der Waals surface area contributed by atoms with Gasteiger partial charge in [0.25, 0.3) is 23.6 Å². The average molecular weight is 843 g/mol. The number of carbonyl (C=O) groups excluding carboxylic acids is 4. The molecule has 0 aromatic heterocycles. The molecule has 302 valence electrons. The molecule has 0 bridgehead atoms. The van der Waals surface area contributed by atoms with Gasteiger partial charge in [-0.15, -0.1) is 0 Å². The minimum atomic E-state index is -6.12. The molecule has 4 amide bonds. The predicted molar refractivity (Wildman–Crippen MR) is 200 cm³/mol. The summed E-state index contributed by atoms with van der Waals surface area (Å²) in [6.07, 6.45) is -12.2.